The lowest BCUT2D eigenvalue weighted by Gasteiger charge is -2.17. The van der Waals surface area contributed by atoms with Gasteiger partial charge in [0.1, 0.15) is 0 Å². The summed E-state index contributed by atoms with van der Waals surface area (Å²) in [6.45, 7) is 3.75. The summed E-state index contributed by atoms with van der Waals surface area (Å²) in [7, 11) is 1.70. The summed E-state index contributed by atoms with van der Waals surface area (Å²) >= 11 is 0. The Labute approximate surface area is 92.8 Å². The van der Waals surface area contributed by atoms with Crippen molar-refractivity contribution in [2.45, 2.75) is 51.2 Å². The smallest absolute Gasteiger partial charge is 0.0577 e. The number of methoxy groups -OCH3 is 1. The summed E-state index contributed by atoms with van der Waals surface area (Å²) in [6.07, 6.45) is 5.25. The van der Waals surface area contributed by atoms with E-state index in [0.717, 1.165) is 32.5 Å². The fourth-order valence-corrected chi connectivity index (χ4v) is 2.19. The van der Waals surface area contributed by atoms with Crippen LogP contribution in [0.4, 0.5) is 0 Å². The predicted molar refractivity (Wildman–Crippen MR) is 59.9 cm³/mol. The Kier molecular flexibility index (Phi) is 6.22. The summed E-state index contributed by atoms with van der Waals surface area (Å²) in [5, 5.41) is 9.80. The second kappa shape index (κ2) is 7.20. The van der Waals surface area contributed by atoms with Crippen molar-refractivity contribution in [2.24, 2.45) is 5.92 Å². The van der Waals surface area contributed by atoms with E-state index < -0.39 is 0 Å². The van der Waals surface area contributed by atoms with Gasteiger partial charge < -0.3 is 14.6 Å². The molecule has 0 aliphatic carbocycles. The molecule has 3 nitrogen and oxygen atoms in total. The van der Waals surface area contributed by atoms with E-state index in [1.807, 2.05) is 0 Å². The van der Waals surface area contributed by atoms with Gasteiger partial charge in [0.2, 0.25) is 0 Å². The van der Waals surface area contributed by atoms with Crippen LogP contribution in [0, 0.1) is 5.92 Å². The highest BCUT2D eigenvalue weighted by Gasteiger charge is 2.17. The van der Waals surface area contributed by atoms with Gasteiger partial charge in [-0.05, 0) is 38.0 Å². The molecule has 0 saturated carbocycles. The van der Waals surface area contributed by atoms with Crippen molar-refractivity contribution in [1.82, 2.24) is 0 Å². The maximum Gasteiger partial charge on any atom is 0.0577 e. The summed E-state index contributed by atoms with van der Waals surface area (Å²) < 4.78 is 10.6. The fraction of sp³-hybridized carbons (Fsp3) is 1.00. The first-order valence-electron chi connectivity index (χ1n) is 6.01. The van der Waals surface area contributed by atoms with Crippen LogP contribution in [0.15, 0.2) is 0 Å². The number of hydrogen-bond acceptors (Lipinski definition) is 3. The first kappa shape index (κ1) is 12.9. The van der Waals surface area contributed by atoms with E-state index in [2.05, 4.69) is 6.92 Å². The van der Waals surface area contributed by atoms with Gasteiger partial charge in [0.15, 0.2) is 0 Å². The Balaban J connectivity index is 2.04. The molecule has 0 spiro atoms. The third kappa shape index (κ3) is 5.50. The van der Waals surface area contributed by atoms with Crippen molar-refractivity contribution < 1.29 is 14.6 Å². The minimum Gasteiger partial charge on any atom is -0.393 e. The monoisotopic (exact) mass is 216 g/mol. The molecule has 0 bridgehead atoms. The van der Waals surface area contributed by atoms with Crippen LogP contribution in [-0.4, -0.2) is 37.6 Å². The van der Waals surface area contributed by atoms with Gasteiger partial charge in [0, 0.05) is 20.3 Å². The molecule has 90 valence electrons. The molecule has 0 aromatic carbocycles. The lowest BCUT2D eigenvalue weighted by molar-refractivity contribution is 0.0649. The molecule has 0 amide bonds. The highest BCUT2D eigenvalue weighted by molar-refractivity contribution is 4.68. The first-order valence-corrected chi connectivity index (χ1v) is 6.01. The zero-order valence-corrected chi connectivity index (χ0v) is 9.95. The van der Waals surface area contributed by atoms with Gasteiger partial charge in [-0.2, -0.15) is 0 Å². The molecule has 3 atom stereocenters. The van der Waals surface area contributed by atoms with Gasteiger partial charge in [-0.15, -0.1) is 0 Å². The lowest BCUT2D eigenvalue weighted by Crippen LogP contribution is -2.17. The van der Waals surface area contributed by atoms with E-state index in [0.29, 0.717) is 12.0 Å². The van der Waals surface area contributed by atoms with Crippen LogP contribution in [-0.2, 0) is 9.47 Å². The molecule has 3 unspecified atom stereocenters. The first-order chi connectivity index (χ1) is 7.22. The highest BCUT2D eigenvalue weighted by atomic mass is 16.5. The topological polar surface area (TPSA) is 38.7 Å². The van der Waals surface area contributed by atoms with E-state index in [1.165, 1.54) is 12.8 Å². The van der Waals surface area contributed by atoms with E-state index in [-0.39, 0.29) is 6.10 Å². The number of aliphatic hydroxyl groups excluding tert-OH is 1. The number of ether oxygens (including phenoxy) is 2. The van der Waals surface area contributed by atoms with Crippen LogP contribution in [0.25, 0.3) is 0 Å². The molecule has 1 fully saturated rings. The van der Waals surface area contributed by atoms with Crippen molar-refractivity contribution in [3.05, 3.63) is 0 Å². The van der Waals surface area contributed by atoms with Gasteiger partial charge in [0.05, 0.1) is 12.2 Å². The fourth-order valence-electron chi connectivity index (χ4n) is 2.19. The van der Waals surface area contributed by atoms with Gasteiger partial charge in [0.25, 0.3) is 0 Å². The number of rotatable bonds is 7. The Bertz CT molecular complexity index is 155. The highest BCUT2D eigenvalue weighted by Crippen LogP contribution is 2.19. The Morgan fingerprint density at radius 2 is 2.33 bits per heavy atom. The minimum absolute atomic E-state index is 0.195. The molecule has 1 aliphatic heterocycles. The van der Waals surface area contributed by atoms with Crippen LogP contribution < -0.4 is 0 Å². The van der Waals surface area contributed by atoms with E-state index in [4.69, 9.17) is 9.47 Å². The van der Waals surface area contributed by atoms with Crippen LogP contribution in [0.2, 0.25) is 0 Å². The summed E-state index contributed by atoms with van der Waals surface area (Å²) in [4.78, 5) is 0. The van der Waals surface area contributed by atoms with Crippen molar-refractivity contribution in [2.75, 3.05) is 20.3 Å². The number of aliphatic hydroxyl groups is 1. The Morgan fingerprint density at radius 1 is 1.53 bits per heavy atom. The largest absolute Gasteiger partial charge is 0.393 e. The van der Waals surface area contributed by atoms with E-state index in [9.17, 15) is 5.11 Å². The number of hydrogen-bond donors (Lipinski definition) is 1. The zero-order valence-electron chi connectivity index (χ0n) is 9.95. The van der Waals surface area contributed by atoms with Crippen LogP contribution in [0.5, 0.6) is 0 Å². The van der Waals surface area contributed by atoms with Crippen molar-refractivity contribution in [1.29, 1.82) is 0 Å². The van der Waals surface area contributed by atoms with Gasteiger partial charge in [-0.1, -0.05) is 6.92 Å². The van der Waals surface area contributed by atoms with Crippen molar-refractivity contribution in [3.8, 4) is 0 Å². The minimum atomic E-state index is -0.195. The second-order valence-electron chi connectivity index (χ2n) is 4.66. The maximum atomic E-state index is 9.80. The molecule has 1 saturated heterocycles. The molecular formula is C12H24O3. The third-order valence-electron chi connectivity index (χ3n) is 2.97. The molecule has 1 N–H and O–H groups in total. The SMILES string of the molecule is COCC(C)CC(O)CCC1CCCO1. The van der Waals surface area contributed by atoms with E-state index >= 15 is 0 Å². The summed E-state index contributed by atoms with van der Waals surface area (Å²) in [6, 6.07) is 0. The molecule has 0 aromatic rings. The average molecular weight is 216 g/mol. The van der Waals surface area contributed by atoms with Gasteiger partial charge >= 0.3 is 0 Å². The quantitative estimate of drug-likeness (QED) is 0.707. The molecule has 0 aromatic heterocycles. The zero-order chi connectivity index (χ0) is 11.1. The average Bonchev–Trinajstić information content (AvgIpc) is 2.67. The van der Waals surface area contributed by atoms with Crippen molar-refractivity contribution >= 4 is 0 Å². The molecule has 1 aliphatic rings. The summed E-state index contributed by atoms with van der Waals surface area (Å²) in [5.41, 5.74) is 0. The lowest BCUT2D eigenvalue weighted by atomic mass is 9.99. The molecular weight excluding hydrogens is 192 g/mol. The predicted octanol–water partition coefficient (Wildman–Crippen LogP) is 1.98. The molecule has 0 radical (unpaired) electrons. The second-order valence-corrected chi connectivity index (χ2v) is 4.66. The molecule has 15 heavy (non-hydrogen) atoms. The van der Waals surface area contributed by atoms with Crippen molar-refractivity contribution in [3.63, 3.8) is 0 Å². The summed E-state index contributed by atoms with van der Waals surface area (Å²) in [5.74, 6) is 0.439. The maximum absolute atomic E-state index is 9.80. The molecule has 3 heteroatoms. The standard InChI is InChI=1S/C12H24O3/c1-10(9-14-2)8-11(13)5-6-12-4-3-7-15-12/h10-13H,3-9H2,1-2H3. The normalized spacial score (nSPS) is 25.4. The van der Waals surface area contributed by atoms with Crippen LogP contribution in [0.3, 0.4) is 0 Å². The third-order valence-corrected chi connectivity index (χ3v) is 2.97. The Morgan fingerprint density at radius 3 is 2.93 bits per heavy atom. The van der Waals surface area contributed by atoms with Crippen LogP contribution >= 0.6 is 0 Å². The van der Waals surface area contributed by atoms with Gasteiger partial charge in [-0.25, -0.2) is 0 Å². The Hall–Kier alpha value is -0.120. The van der Waals surface area contributed by atoms with Gasteiger partial charge in [-0.3, -0.25) is 0 Å². The van der Waals surface area contributed by atoms with E-state index in [1.54, 1.807) is 7.11 Å². The molecule has 1 heterocycles. The molecule has 1 rings (SSSR count). The van der Waals surface area contributed by atoms with Crippen LogP contribution in [0.1, 0.15) is 39.0 Å².